The molecule has 1 aliphatic carbocycles. The predicted molar refractivity (Wildman–Crippen MR) is 187 cm³/mol. The van der Waals surface area contributed by atoms with Crippen LogP contribution in [0, 0.1) is 0 Å². The molecule has 8 rings (SSSR count). The van der Waals surface area contributed by atoms with E-state index in [1.54, 1.807) is 0 Å². The van der Waals surface area contributed by atoms with Gasteiger partial charge in [-0.2, -0.15) is 0 Å². The minimum Gasteiger partial charge on any atom is -0.355 e. The number of allylic oxidation sites excluding steroid dienone is 3. The molecule has 0 saturated heterocycles. The molecule has 1 aromatic heterocycles. The van der Waals surface area contributed by atoms with Crippen molar-refractivity contribution in [2.75, 3.05) is 5.32 Å². The van der Waals surface area contributed by atoms with Crippen LogP contribution in [0.1, 0.15) is 18.4 Å². The maximum Gasteiger partial charge on any atom is 0.0619 e. The number of rotatable bonds is 6. The lowest BCUT2D eigenvalue weighted by Crippen LogP contribution is -2.03. The van der Waals surface area contributed by atoms with E-state index in [1.807, 2.05) is 0 Å². The molecule has 0 amide bonds. The van der Waals surface area contributed by atoms with E-state index in [0.717, 1.165) is 29.9 Å². The fourth-order valence-corrected chi connectivity index (χ4v) is 6.60. The molecule has 0 atom stereocenters. The number of aromatic nitrogens is 1. The van der Waals surface area contributed by atoms with Crippen LogP contribution in [0.3, 0.4) is 0 Å². The molecule has 44 heavy (non-hydrogen) atoms. The Balaban J connectivity index is 1.29. The lowest BCUT2D eigenvalue weighted by Gasteiger charge is -2.19. The number of hydrogen-bond acceptors (Lipinski definition) is 1. The molecular formula is C42H32N2. The largest absolute Gasteiger partial charge is 0.355 e. The number of nitrogens with zero attached hydrogens (tertiary/aromatic N) is 1. The summed E-state index contributed by atoms with van der Waals surface area (Å²) in [5.41, 5.74) is 13.3. The van der Waals surface area contributed by atoms with Crippen LogP contribution in [0.25, 0.3) is 55.3 Å². The zero-order chi connectivity index (χ0) is 29.3. The Morgan fingerprint density at radius 3 is 2.00 bits per heavy atom. The third kappa shape index (κ3) is 4.71. The number of anilines is 1. The molecule has 7 aromatic rings. The van der Waals surface area contributed by atoms with Gasteiger partial charge in [0, 0.05) is 39.0 Å². The molecule has 1 aliphatic rings. The molecule has 1 heterocycles. The standard InChI is InChI=1S/C42H32N2/c1-4-14-30(15-5-1)32-18-12-19-34(28-32)43-40-27-26-33(29-39(40)31-16-6-2-7-17-31)36-23-13-24-38-37-22-10-11-25-41(37)44(42(36)38)35-20-8-3-9-21-35/h1-11,13-17,19-29,43H,12,18H2. The zero-order valence-electron chi connectivity index (χ0n) is 24.4. The van der Waals surface area contributed by atoms with Crippen LogP contribution in [0.2, 0.25) is 0 Å². The number of benzene rings is 6. The monoisotopic (exact) mass is 564 g/mol. The molecule has 0 bridgehead atoms. The summed E-state index contributed by atoms with van der Waals surface area (Å²) in [6, 6.07) is 54.4. The third-order valence-corrected chi connectivity index (χ3v) is 8.66. The van der Waals surface area contributed by atoms with Gasteiger partial charge in [0.2, 0.25) is 0 Å². The second-order valence-electron chi connectivity index (χ2n) is 11.4. The highest BCUT2D eigenvalue weighted by Crippen LogP contribution is 2.41. The molecule has 0 radical (unpaired) electrons. The van der Waals surface area contributed by atoms with Crippen LogP contribution in [0.5, 0.6) is 0 Å². The lowest BCUT2D eigenvalue weighted by molar-refractivity contribution is 1.04. The van der Waals surface area contributed by atoms with Crippen LogP contribution in [0.15, 0.2) is 170 Å². The Morgan fingerprint density at radius 1 is 0.523 bits per heavy atom. The molecule has 0 fully saturated rings. The molecule has 6 aromatic carbocycles. The summed E-state index contributed by atoms with van der Waals surface area (Å²) in [6.07, 6.45) is 6.70. The molecule has 0 saturated carbocycles. The van der Waals surface area contributed by atoms with Crippen LogP contribution in [-0.4, -0.2) is 4.57 Å². The van der Waals surface area contributed by atoms with Gasteiger partial charge in [-0.3, -0.25) is 0 Å². The fraction of sp³-hybridized carbons (Fsp3) is 0.0476. The Kier molecular flexibility index (Phi) is 6.66. The van der Waals surface area contributed by atoms with Gasteiger partial charge in [0.25, 0.3) is 0 Å². The number of nitrogens with one attached hydrogen (secondary N) is 1. The average molecular weight is 565 g/mol. The van der Waals surface area contributed by atoms with E-state index < -0.39 is 0 Å². The first-order chi connectivity index (χ1) is 21.8. The predicted octanol–water partition coefficient (Wildman–Crippen LogP) is 11.3. The van der Waals surface area contributed by atoms with Crippen LogP contribution >= 0.6 is 0 Å². The second-order valence-corrected chi connectivity index (χ2v) is 11.4. The van der Waals surface area contributed by atoms with E-state index in [4.69, 9.17) is 0 Å². The molecule has 0 spiro atoms. The lowest BCUT2D eigenvalue weighted by atomic mass is 9.94. The van der Waals surface area contributed by atoms with Crippen molar-refractivity contribution >= 4 is 33.1 Å². The van der Waals surface area contributed by atoms with Gasteiger partial charge in [-0.15, -0.1) is 0 Å². The average Bonchev–Trinajstić information content (AvgIpc) is 3.44. The first-order valence-corrected chi connectivity index (χ1v) is 15.3. The molecule has 0 aliphatic heterocycles. The van der Waals surface area contributed by atoms with Gasteiger partial charge in [-0.05, 0) is 71.5 Å². The number of para-hydroxylation sites is 3. The van der Waals surface area contributed by atoms with E-state index in [9.17, 15) is 0 Å². The molecule has 210 valence electrons. The van der Waals surface area contributed by atoms with Gasteiger partial charge in [-0.25, -0.2) is 0 Å². The number of fused-ring (bicyclic) bond motifs is 3. The van der Waals surface area contributed by atoms with Gasteiger partial charge >= 0.3 is 0 Å². The summed E-state index contributed by atoms with van der Waals surface area (Å²) in [4.78, 5) is 0. The van der Waals surface area contributed by atoms with E-state index in [-0.39, 0.29) is 0 Å². The molecule has 0 unspecified atom stereocenters. The van der Waals surface area contributed by atoms with Gasteiger partial charge in [0.05, 0.1) is 11.0 Å². The van der Waals surface area contributed by atoms with Crippen LogP contribution < -0.4 is 5.32 Å². The highest BCUT2D eigenvalue weighted by molar-refractivity contribution is 6.14. The molecule has 2 nitrogen and oxygen atoms in total. The molecule has 1 N–H and O–H groups in total. The maximum atomic E-state index is 3.80. The van der Waals surface area contributed by atoms with Crippen molar-refractivity contribution in [3.63, 3.8) is 0 Å². The van der Waals surface area contributed by atoms with Gasteiger partial charge in [0.1, 0.15) is 0 Å². The summed E-state index contributed by atoms with van der Waals surface area (Å²) < 4.78 is 2.41. The Bertz CT molecular complexity index is 2170. The smallest absolute Gasteiger partial charge is 0.0619 e. The Labute approximate surface area is 258 Å². The minimum absolute atomic E-state index is 1.02. The van der Waals surface area contributed by atoms with E-state index in [1.165, 1.54) is 55.2 Å². The molecule has 2 heteroatoms. The third-order valence-electron chi connectivity index (χ3n) is 8.66. The Morgan fingerprint density at radius 2 is 1.20 bits per heavy atom. The maximum absolute atomic E-state index is 3.80. The van der Waals surface area contributed by atoms with Crippen molar-refractivity contribution in [3.8, 4) is 27.9 Å². The second kappa shape index (κ2) is 11.2. The van der Waals surface area contributed by atoms with Crippen molar-refractivity contribution in [1.29, 1.82) is 0 Å². The van der Waals surface area contributed by atoms with Gasteiger partial charge < -0.3 is 9.88 Å². The summed E-state index contributed by atoms with van der Waals surface area (Å²) >= 11 is 0. The SMILES string of the molecule is C1=C(Nc2ccc(-c3cccc4c5ccccc5n(-c5ccccc5)c34)cc2-c2ccccc2)C=C(c2ccccc2)CC1. The zero-order valence-corrected chi connectivity index (χ0v) is 24.4. The van der Waals surface area contributed by atoms with Crippen molar-refractivity contribution in [3.05, 3.63) is 175 Å². The highest BCUT2D eigenvalue weighted by atomic mass is 15.0. The normalized spacial score (nSPS) is 13.1. The van der Waals surface area contributed by atoms with Crippen molar-refractivity contribution in [2.24, 2.45) is 0 Å². The topological polar surface area (TPSA) is 17.0 Å². The fourth-order valence-electron chi connectivity index (χ4n) is 6.60. The minimum atomic E-state index is 1.02. The van der Waals surface area contributed by atoms with Gasteiger partial charge in [0.15, 0.2) is 0 Å². The van der Waals surface area contributed by atoms with Gasteiger partial charge in [-0.1, -0.05) is 127 Å². The van der Waals surface area contributed by atoms with Crippen LogP contribution in [0.4, 0.5) is 5.69 Å². The summed E-state index contributed by atoms with van der Waals surface area (Å²) in [7, 11) is 0. The summed E-state index contributed by atoms with van der Waals surface area (Å²) in [5.74, 6) is 0. The summed E-state index contributed by atoms with van der Waals surface area (Å²) in [6.45, 7) is 0. The molecular weight excluding hydrogens is 532 g/mol. The van der Waals surface area contributed by atoms with E-state index in [0.29, 0.717) is 0 Å². The summed E-state index contributed by atoms with van der Waals surface area (Å²) in [5, 5.41) is 6.33. The van der Waals surface area contributed by atoms with E-state index in [2.05, 4.69) is 174 Å². The van der Waals surface area contributed by atoms with Crippen molar-refractivity contribution in [1.82, 2.24) is 4.57 Å². The van der Waals surface area contributed by atoms with E-state index >= 15 is 0 Å². The highest BCUT2D eigenvalue weighted by Gasteiger charge is 2.18. The first-order valence-electron chi connectivity index (χ1n) is 15.3. The number of hydrogen-bond donors (Lipinski definition) is 1. The quantitative estimate of drug-likeness (QED) is 0.213. The first kappa shape index (κ1) is 26.1. The van der Waals surface area contributed by atoms with Crippen molar-refractivity contribution < 1.29 is 0 Å². The van der Waals surface area contributed by atoms with Crippen LogP contribution in [-0.2, 0) is 0 Å². The Hall–Kier alpha value is -5.60. The van der Waals surface area contributed by atoms with Crippen molar-refractivity contribution in [2.45, 2.75) is 12.8 Å².